The molecule has 0 spiro atoms. The number of hydrogen-bond donors (Lipinski definition) is 2. The van der Waals surface area contributed by atoms with Crippen LogP contribution >= 0.6 is 0 Å². The van der Waals surface area contributed by atoms with Crippen LogP contribution < -0.4 is 10.0 Å². The number of nitro groups is 1. The second kappa shape index (κ2) is 8.95. The Morgan fingerprint density at radius 2 is 1.83 bits per heavy atom. The number of aromatic nitrogens is 2. The summed E-state index contributed by atoms with van der Waals surface area (Å²) in [4.78, 5) is 10.7. The van der Waals surface area contributed by atoms with Crippen molar-refractivity contribution in [3.63, 3.8) is 0 Å². The summed E-state index contributed by atoms with van der Waals surface area (Å²) in [6.07, 6.45) is 0.703. The maximum Gasteiger partial charge on any atom is 0.293 e. The third kappa shape index (κ3) is 5.15. The third-order valence-electron chi connectivity index (χ3n) is 4.47. The van der Waals surface area contributed by atoms with Crippen LogP contribution in [0, 0.1) is 24.0 Å². The van der Waals surface area contributed by atoms with Gasteiger partial charge >= 0.3 is 0 Å². The molecule has 0 fully saturated rings. The Bertz CT molecular complexity index is 1140. The molecule has 30 heavy (non-hydrogen) atoms. The minimum absolute atomic E-state index is 0.175. The fraction of sp³-hybridized carbons (Fsp3) is 0.250. The number of aryl methyl sites for hydroxylation is 3. The van der Waals surface area contributed by atoms with E-state index in [1.54, 1.807) is 30.3 Å². The Labute approximate surface area is 174 Å². The van der Waals surface area contributed by atoms with Gasteiger partial charge in [-0.15, -0.1) is 0 Å². The van der Waals surface area contributed by atoms with Crippen LogP contribution in [0.3, 0.4) is 0 Å². The van der Waals surface area contributed by atoms with Gasteiger partial charge in [0, 0.05) is 30.5 Å². The molecule has 0 aliphatic rings. The van der Waals surface area contributed by atoms with Gasteiger partial charge < -0.3 is 5.32 Å². The number of sulfonamides is 1. The zero-order valence-electron chi connectivity index (χ0n) is 16.7. The van der Waals surface area contributed by atoms with Crippen molar-refractivity contribution in [3.05, 3.63) is 76.1 Å². The Morgan fingerprint density at radius 3 is 2.47 bits per heavy atom. The molecule has 0 amide bonds. The van der Waals surface area contributed by atoms with E-state index in [-0.39, 0.29) is 16.3 Å². The van der Waals surface area contributed by atoms with E-state index in [0.29, 0.717) is 25.2 Å². The Kier molecular flexibility index (Phi) is 6.36. The highest BCUT2D eigenvalue weighted by Gasteiger charge is 2.21. The normalized spacial score (nSPS) is 11.3. The minimum atomic E-state index is -3.94. The van der Waals surface area contributed by atoms with Crippen LogP contribution in [0.1, 0.15) is 17.8 Å². The standard InChI is InChI=1S/C20H23N5O4S/c1-15-13-16(2)24(22-15)12-6-11-21-19-10-9-18(14-20(19)25(26)27)30(28,29)23-17-7-4-3-5-8-17/h3-5,7-10,13-14,21,23H,6,11-12H2,1-2H3. The lowest BCUT2D eigenvalue weighted by atomic mass is 10.2. The van der Waals surface area contributed by atoms with Crippen molar-refractivity contribution < 1.29 is 13.3 Å². The molecule has 0 unspecified atom stereocenters. The summed E-state index contributed by atoms with van der Waals surface area (Å²) in [5.74, 6) is 0. The van der Waals surface area contributed by atoms with Gasteiger partial charge in [0.25, 0.3) is 15.7 Å². The van der Waals surface area contributed by atoms with E-state index in [0.717, 1.165) is 17.5 Å². The molecule has 158 valence electrons. The summed E-state index contributed by atoms with van der Waals surface area (Å²) in [5, 5.41) is 18.9. The van der Waals surface area contributed by atoms with E-state index in [1.807, 2.05) is 24.6 Å². The van der Waals surface area contributed by atoms with Crippen LogP contribution in [0.2, 0.25) is 0 Å². The molecule has 0 aliphatic carbocycles. The van der Waals surface area contributed by atoms with Crippen LogP contribution in [0.4, 0.5) is 17.1 Å². The molecule has 9 nitrogen and oxygen atoms in total. The second-order valence-electron chi connectivity index (χ2n) is 6.84. The molecule has 3 aromatic rings. The largest absolute Gasteiger partial charge is 0.379 e. The van der Waals surface area contributed by atoms with E-state index < -0.39 is 14.9 Å². The van der Waals surface area contributed by atoms with Gasteiger partial charge in [-0.05, 0) is 50.6 Å². The molecule has 1 heterocycles. The Hall–Kier alpha value is -3.40. The van der Waals surface area contributed by atoms with Gasteiger partial charge in [0.05, 0.1) is 15.5 Å². The molecule has 3 rings (SSSR count). The molecule has 0 radical (unpaired) electrons. The van der Waals surface area contributed by atoms with Crippen molar-refractivity contribution in [2.45, 2.75) is 31.7 Å². The van der Waals surface area contributed by atoms with Crippen LogP contribution in [0.5, 0.6) is 0 Å². The smallest absolute Gasteiger partial charge is 0.293 e. The molecule has 1 aromatic heterocycles. The van der Waals surface area contributed by atoms with Gasteiger partial charge in [-0.2, -0.15) is 5.10 Å². The molecule has 10 heteroatoms. The summed E-state index contributed by atoms with van der Waals surface area (Å²) in [7, 11) is -3.94. The number of benzene rings is 2. The molecule has 0 atom stereocenters. The van der Waals surface area contributed by atoms with E-state index in [2.05, 4.69) is 15.1 Å². The number of rotatable bonds is 9. The first-order valence-electron chi connectivity index (χ1n) is 9.37. The van der Waals surface area contributed by atoms with E-state index in [9.17, 15) is 18.5 Å². The number of nitrogens with zero attached hydrogens (tertiary/aromatic N) is 3. The lowest BCUT2D eigenvalue weighted by Gasteiger charge is -2.11. The lowest BCUT2D eigenvalue weighted by Crippen LogP contribution is -2.14. The number of anilines is 2. The average Bonchev–Trinajstić information content (AvgIpc) is 3.02. The Morgan fingerprint density at radius 1 is 1.10 bits per heavy atom. The lowest BCUT2D eigenvalue weighted by molar-refractivity contribution is -0.384. The minimum Gasteiger partial charge on any atom is -0.379 e. The Balaban J connectivity index is 1.70. The SMILES string of the molecule is Cc1cc(C)n(CCCNc2ccc(S(=O)(=O)Nc3ccccc3)cc2[N+](=O)[O-])n1. The van der Waals surface area contributed by atoms with Gasteiger partial charge in [0.15, 0.2) is 0 Å². The molecule has 0 saturated carbocycles. The van der Waals surface area contributed by atoms with E-state index in [1.165, 1.54) is 12.1 Å². The monoisotopic (exact) mass is 429 g/mol. The van der Waals surface area contributed by atoms with Gasteiger partial charge in [-0.25, -0.2) is 8.42 Å². The van der Waals surface area contributed by atoms with Crippen molar-refractivity contribution >= 4 is 27.1 Å². The van der Waals surface area contributed by atoms with Crippen LogP contribution in [-0.2, 0) is 16.6 Å². The maximum atomic E-state index is 12.6. The van der Waals surface area contributed by atoms with Crippen molar-refractivity contribution in [3.8, 4) is 0 Å². The molecular weight excluding hydrogens is 406 g/mol. The van der Waals surface area contributed by atoms with E-state index in [4.69, 9.17) is 0 Å². The van der Waals surface area contributed by atoms with Crippen molar-refractivity contribution in [2.24, 2.45) is 0 Å². The summed E-state index contributed by atoms with van der Waals surface area (Å²) in [6.45, 7) is 5.05. The van der Waals surface area contributed by atoms with E-state index >= 15 is 0 Å². The first-order valence-corrected chi connectivity index (χ1v) is 10.9. The highest BCUT2D eigenvalue weighted by Crippen LogP contribution is 2.28. The maximum absolute atomic E-state index is 12.6. The molecule has 2 aromatic carbocycles. The first kappa shape index (κ1) is 21.3. The third-order valence-corrected chi connectivity index (χ3v) is 5.85. The fourth-order valence-electron chi connectivity index (χ4n) is 3.05. The highest BCUT2D eigenvalue weighted by atomic mass is 32.2. The zero-order chi connectivity index (χ0) is 21.7. The molecular formula is C20H23N5O4S. The fourth-order valence-corrected chi connectivity index (χ4v) is 4.13. The first-order chi connectivity index (χ1) is 14.3. The number of hydrogen-bond acceptors (Lipinski definition) is 6. The highest BCUT2D eigenvalue weighted by molar-refractivity contribution is 7.92. The summed E-state index contributed by atoms with van der Waals surface area (Å²) < 4.78 is 29.5. The van der Waals surface area contributed by atoms with Crippen molar-refractivity contribution in [2.75, 3.05) is 16.6 Å². The molecule has 2 N–H and O–H groups in total. The van der Waals surface area contributed by atoms with Crippen LogP contribution in [0.15, 0.2) is 59.5 Å². The number of nitrogens with one attached hydrogen (secondary N) is 2. The van der Waals surface area contributed by atoms with Crippen LogP contribution in [-0.4, -0.2) is 29.7 Å². The molecule has 0 saturated heterocycles. The number of nitro benzene ring substituents is 1. The van der Waals surface area contributed by atoms with Gasteiger partial charge in [-0.3, -0.25) is 19.5 Å². The van der Waals surface area contributed by atoms with Gasteiger partial charge in [0.2, 0.25) is 0 Å². The van der Waals surface area contributed by atoms with Crippen molar-refractivity contribution in [1.29, 1.82) is 0 Å². The van der Waals surface area contributed by atoms with Gasteiger partial charge in [-0.1, -0.05) is 18.2 Å². The van der Waals surface area contributed by atoms with Crippen LogP contribution in [0.25, 0.3) is 0 Å². The van der Waals surface area contributed by atoms with Crippen molar-refractivity contribution in [1.82, 2.24) is 9.78 Å². The second-order valence-corrected chi connectivity index (χ2v) is 8.52. The quantitative estimate of drug-likeness (QED) is 0.304. The summed E-state index contributed by atoms with van der Waals surface area (Å²) >= 11 is 0. The average molecular weight is 430 g/mol. The topological polar surface area (TPSA) is 119 Å². The molecule has 0 bridgehead atoms. The number of para-hydroxylation sites is 1. The predicted molar refractivity (Wildman–Crippen MR) is 115 cm³/mol. The summed E-state index contributed by atoms with van der Waals surface area (Å²) in [5.41, 5.74) is 2.35. The summed E-state index contributed by atoms with van der Waals surface area (Å²) in [6, 6.07) is 14.2. The predicted octanol–water partition coefficient (Wildman–Crippen LogP) is 3.71. The zero-order valence-corrected chi connectivity index (χ0v) is 17.5. The van der Waals surface area contributed by atoms with Gasteiger partial charge in [0.1, 0.15) is 5.69 Å². The molecule has 0 aliphatic heterocycles.